The van der Waals surface area contributed by atoms with Gasteiger partial charge >= 0.3 is 0 Å². The molecule has 0 fully saturated rings. The summed E-state index contributed by atoms with van der Waals surface area (Å²) in [5.41, 5.74) is 10.7. The lowest BCUT2D eigenvalue weighted by atomic mass is 9.78. The van der Waals surface area contributed by atoms with Gasteiger partial charge in [-0.25, -0.2) is 0 Å². The first-order chi connectivity index (χ1) is 23.3. The van der Waals surface area contributed by atoms with Crippen molar-refractivity contribution in [3.63, 3.8) is 0 Å². The van der Waals surface area contributed by atoms with Gasteiger partial charge in [-0.15, -0.1) is 0 Å². The summed E-state index contributed by atoms with van der Waals surface area (Å²) in [6, 6.07) is 27.5. The van der Waals surface area contributed by atoms with E-state index in [4.69, 9.17) is 6.85 Å². The molecule has 6 rings (SSSR count). The summed E-state index contributed by atoms with van der Waals surface area (Å²) in [5, 5.41) is 2.35. The van der Waals surface area contributed by atoms with E-state index in [0.717, 1.165) is 27.7 Å². The number of aryl methyl sites for hydroxylation is 1. The summed E-state index contributed by atoms with van der Waals surface area (Å²) >= 11 is 0. The molecule has 1 heteroatoms. The summed E-state index contributed by atoms with van der Waals surface area (Å²) < 4.78 is 44.3. The molecular formula is C44H49N. The number of aromatic nitrogens is 1. The van der Waals surface area contributed by atoms with Gasteiger partial charge < -0.3 is 4.57 Å². The van der Waals surface area contributed by atoms with Crippen LogP contribution in [0.1, 0.15) is 97.0 Å². The van der Waals surface area contributed by atoms with Gasteiger partial charge in [-0.2, -0.15) is 0 Å². The zero-order valence-electron chi connectivity index (χ0n) is 33.4. The van der Waals surface area contributed by atoms with Crippen LogP contribution in [0.15, 0.2) is 109 Å². The maximum Gasteiger partial charge on any atom is 0.0626 e. The number of hydrogen-bond acceptors (Lipinski definition) is 0. The van der Waals surface area contributed by atoms with Crippen molar-refractivity contribution in [2.45, 2.75) is 91.4 Å². The van der Waals surface area contributed by atoms with Gasteiger partial charge in [0.05, 0.1) is 17.9 Å². The predicted octanol–water partition coefficient (Wildman–Crippen LogP) is 12.1. The third-order valence-corrected chi connectivity index (χ3v) is 8.98. The van der Waals surface area contributed by atoms with Crippen molar-refractivity contribution in [3.8, 4) is 16.8 Å². The first-order valence-corrected chi connectivity index (χ1v) is 16.2. The fraction of sp³-hybridized carbons (Fsp3) is 0.318. The van der Waals surface area contributed by atoms with E-state index < -0.39 is 0 Å². The van der Waals surface area contributed by atoms with Crippen LogP contribution in [0, 0.1) is 0 Å². The first kappa shape index (κ1) is 25.1. The highest BCUT2D eigenvalue weighted by molar-refractivity contribution is 6.14. The molecule has 1 heterocycles. The molecule has 5 aromatic carbocycles. The predicted molar refractivity (Wildman–Crippen MR) is 196 cm³/mol. The molecule has 1 nitrogen and oxygen atoms in total. The van der Waals surface area contributed by atoms with Crippen molar-refractivity contribution in [3.05, 3.63) is 137 Å². The van der Waals surface area contributed by atoms with Crippen LogP contribution in [0.3, 0.4) is 0 Å². The van der Waals surface area contributed by atoms with Crippen molar-refractivity contribution in [1.82, 2.24) is 4.57 Å². The average molecular weight is 597 g/mol. The number of benzene rings is 5. The maximum atomic E-state index is 8.62. The Morgan fingerprint density at radius 2 is 1.20 bits per heavy atom. The lowest BCUT2D eigenvalue weighted by molar-refractivity contribution is 0.568. The molecule has 0 aliphatic carbocycles. The van der Waals surface area contributed by atoms with Crippen molar-refractivity contribution in [2.24, 2.45) is 0 Å². The Labute approximate surface area is 278 Å². The Kier molecular flexibility index (Phi) is 6.35. The van der Waals surface area contributed by atoms with E-state index in [1.165, 1.54) is 33.2 Å². The Morgan fingerprint density at radius 3 is 1.80 bits per heavy atom. The minimum Gasteiger partial charge on any atom is -0.309 e. The zero-order valence-corrected chi connectivity index (χ0v) is 28.4. The molecule has 45 heavy (non-hydrogen) atoms. The highest BCUT2D eigenvalue weighted by Gasteiger charge is 2.28. The second kappa shape index (κ2) is 11.4. The third kappa shape index (κ3) is 5.98. The SMILES string of the molecule is [2H]c1c([2H])c([2H])c(CCc2cccc3c2c2c(C(C)(C)C)c(-c4ccccc4)ccc2n3-c2cc(C(C)(C)C)cc(C(C)(C)C)c2)c([2H])c1[2H]. The topological polar surface area (TPSA) is 4.93 Å². The van der Waals surface area contributed by atoms with Gasteiger partial charge in [0.15, 0.2) is 0 Å². The van der Waals surface area contributed by atoms with E-state index in [1.807, 2.05) is 0 Å². The van der Waals surface area contributed by atoms with Gasteiger partial charge in [-0.1, -0.05) is 147 Å². The number of nitrogens with zero attached hydrogens (tertiary/aromatic N) is 1. The molecule has 0 bridgehead atoms. The van der Waals surface area contributed by atoms with E-state index in [0.29, 0.717) is 18.4 Å². The van der Waals surface area contributed by atoms with Crippen LogP contribution in [0.2, 0.25) is 0 Å². The molecule has 0 N–H and O–H groups in total. The molecule has 0 unspecified atom stereocenters. The largest absolute Gasteiger partial charge is 0.309 e. The Bertz CT molecular complexity index is 2200. The first-order valence-electron chi connectivity index (χ1n) is 18.7. The second-order valence-electron chi connectivity index (χ2n) is 15.5. The monoisotopic (exact) mass is 596 g/mol. The van der Waals surface area contributed by atoms with E-state index in [9.17, 15) is 0 Å². The van der Waals surface area contributed by atoms with Crippen LogP contribution in [-0.2, 0) is 29.1 Å². The standard InChI is InChI=1S/C44H49N/c1-42(2,3)33-27-34(43(4,5)6)29-35(28-33)45-37-22-16-21-32(24-23-30-17-12-10-13-18-30)39(37)40-38(45)26-25-36(41(40)44(7,8)9)31-19-14-11-15-20-31/h10-22,25-29H,23-24H2,1-9H3/i10D,12D,13D,17D,18D. The molecular weight excluding hydrogens is 542 g/mol. The fourth-order valence-electron chi connectivity index (χ4n) is 6.61. The molecule has 1 aromatic heterocycles. The van der Waals surface area contributed by atoms with Crippen molar-refractivity contribution < 1.29 is 6.85 Å². The molecule has 230 valence electrons. The summed E-state index contributed by atoms with van der Waals surface area (Å²) in [7, 11) is 0. The van der Waals surface area contributed by atoms with Crippen molar-refractivity contribution in [1.29, 1.82) is 0 Å². The lowest BCUT2D eigenvalue weighted by Gasteiger charge is -2.27. The molecule has 6 aromatic rings. The molecule has 0 spiro atoms. The minimum atomic E-state index is -0.357. The van der Waals surface area contributed by atoms with Crippen LogP contribution in [0.4, 0.5) is 0 Å². The smallest absolute Gasteiger partial charge is 0.0626 e. The summed E-state index contributed by atoms with van der Waals surface area (Å²) in [6.45, 7) is 20.5. The van der Waals surface area contributed by atoms with Gasteiger partial charge in [0.25, 0.3) is 0 Å². The van der Waals surface area contributed by atoms with E-state index in [-0.39, 0.29) is 46.5 Å². The van der Waals surface area contributed by atoms with Gasteiger partial charge in [0.1, 0.15) is 0 Å². The molecule has 0 saturated heterocycles. The molecule has 0 radical (unpaired) electrons. The molecule has 0 saturated carbocycles. The van der Waals surface area contributed by atoms with Crippen molar-refractivity contribution in [2.75, 3.05) is 0 Å². The third-order valence-electron chi connectivity index (χ3n) is 8.98. The summed E-state index contributed by atoms with van der Waals surface area (Å²) in [6.07, 6.45) is 0.858. The summed E-state index contributed by atoms with van der Waals surface area (Å²) in [4.78, 5) is 0. The molecule has 0 atom stereocenters. The van der Waals surface area contributed by atoms with E-state index in [2.05, 4.69) is 146 Å². The zero-order chi connectivity index (χ0) is 36.5. The van der Waals surface area contributed by atoms with Gasteiger partial charge in [0.2, 0.25) is 0 Å². The van der Waals surface area contributed by atoms with Crippen LogP contribution >= 0.6 is 0 Å². The average Bonchev–Trinajstić information content (AvgIpc) is 3.40. The van der Waals surface area contributed by atoms with Gasteiger partial charge in [-0.05, 0) is 92.3 Å². The van der Waals surface area contributed by atoms with Crippen LogP contribution in [-0.4, -0.2) is 4.57 Å². The highest BCUT2D eigenvalue weighted by atomic mass is 15.0. The van der Waals surface area contributed by atoms with Crippen LogP contribution < -0.4 is 0 Å². The summed E-state index contributed by atoms with van der Waals surface area (Å²) in [5.74, 6) is 0. The lowest BCUT2D eigenvalue weighted by Crippen LogP contribution is -2.17. The maximum absolute atomic E-state index is 8.62. The molecule has 0 amide bonds. The fourth-order valence-corrected chi connectivity index (χ4v) is 6.61. The minimum absolute atomic E-state index is 0.0546. The highest BCUT2D eigenvalue weighted by Crippen LogP contribution is 2.45. The normalized spacial score (nSPS) is 14.3. The number of rotatable bonds is 5. The number of hydrogen-bond donors (Lipinski definition) is 0. The van der Waals surface area contributed by atoms with Crippen LogP contribution in [0.5, 0.6) is 0 Å². The second-order valence-corrected chi connectivity index (χ2v) is 15.5. The number of fused-ring (bicyclic) bond motifs is 3. The van der Waals surface area contributed by atoms with Crippen LogP contribution in [0.25, 0.3) is 38.6 Å². The Balaban J connectivity index is 1.73. The Morgan fingerprint density at radius 1 is 0.578 bits per heavy atom. The molecule has 0 aliphatic heterocycles. The van der Waals surface area contributed by atoms with E-state index in [1.54, 1.807) is 0 Å². The van der Waals surface area contributed by atoms with E-state index >= 15 is 0 Å². The quantitative estimate of drug-likeness (QED) is 0.187. The Hall–Kier alpha value is -4.10. The van der Waals surface area contributed by atoms with Crippen molar-refractivity contribution >= 4 is 21.8 Å². The molecule has 0 aliphatic rings. The van der Waals surface area contributed by atoms with Gasteiger partial charge in [-0.3, -0.25) is 0 Å². The van der Waals surface area contributed by atoms with Gasteiger partial charge in [0, 0.05) is 16.5 Å².